The quantitative estimate of drug-likeness (QED) is 0.583. The lowest BCUT2D eigenvalue weighted by Crippen LogP contribution is -2.28. The molecule has 1 rings (SSSR count). The van der Waals surface area contributed by atoms with Crippen molar-refractivity contribution < 1.29 is 4.92 Å². The Morgan fingerprint density at radius 3 is 2.65 bits per heavy atom. The van der Waals surface area contributed by atoms with Crippen LogP contribution in [-0.4, -0.2) is 29.5 Å². The molecule has 0 aliphatic carbocycles. The monoisotopic (exact) mass is 279 g/mol. The zero-order chi connectivity index (χ0) is 15.1. The number of para-hydroxylation sites is 1. The van der Waals surface area contributed by atoms with Crippen molar-refractivity contribution in [1.29, 1.82) is 0 Å². The second-order valence-electron chi connectivity index (χ2n) is 5.17. The fourth-order valence-corrected chi connectivity index (χ4v) is 2.06. The van der Waals surface area contributed by atoms with Gasteiger partial charge >= 0.3 is 0 Å². The van der Waals surface area contributed by atoms with E-state index in [1.165, 1.54) is 0 Å². The second-order valence-corrected chi connectivity index (χ2v) is 5.17. The molecule has 1 atom stereocenters. The Hall–Kier alpha value is -1.62. The van der Waals surface area contributed by atoms with E-state index in [2.05, 4.69) is 31.1 Å². The molecule has 0 amide bonds. The average molecular weight is 279 g/mol. The van der Waals surface area contributed by atoms with Gasteiger partial charge in [-0.3, -0.25) is 15.0 Å². The van der Waals surface area contributed by atoms with Crippen molar-refractivity contribution in [3.8, 4) is 0 Å². The SMILES string of the molecule is CCCNc1c(CN(C)C(C)CC)cccc1[N+](=O)[O-]. The van der Waals surface area contributed by atoms with Gasteiger partial charge in [0.15, 0.2) is 0 Å². The number of nitrogens with one attached hydrogen (secondary N) is 1. The van der Waals surface area contributed by atoms with Gasteiger partial charge in [0.2, 0.25) is 0 Å². The largest absolute Gasteiger partial charge is 0.379 e. The van der Waals surface area contributed by atoms with Gasteiger partial charge in [0.05, 0.1) is 4.92 Å². The smallest absolute Gasteiger partial charge is 0.292 e. The topological polar surface area (TPSA) is 58.4 Å². The van der Waals surface area contributed by atoms with Gasteiger partial charge < -0.3 is 5.32 Å². The van der Waals surface area contributed by atoms with E-state index >= 15 is 0 Å². The first-order chi connectivity index (χ1) is 9.51. The van der Waals surface area contributed by atoms with Crippen LogP contribution in [0.3, 0.4) is 0 Å². The van der Waals surface area contributed by atoms with E-state index in [1.807, 2.05) is 13.0 Å². The summed E-state index contributed by atoms with van der Waals surface area (Å²) in [4.78, 5) is 13.1. The lowest BCUT2D eigenvalue weighted by atomic mass is 10.1. The molecular formula is C15H25N3O2. The Labute approximate surface area is 121 Å². The van der Waals surface area contributed by atoms with E-state index in [1.54, 1.807) is 12.1 Å². The first kappa shape index (κ1) is 16.4. The first-order valence-electron chi connectivity index (χ1n) is 7.21. The highest BCUT2D eigenvalue weighted by molar-refractivity contribution is 5.66. The van der Waals surface area contributed by atoms with Gasteiger partial charge in [-0.2, -0.15) is 0 Å². The highest BCUT2D eigenvalue weighted by Crippen LogP contribution is 2.29. The summed E-state index contributed by atoms with van der Waals surface area (Å²) in [5, 5.41) is 14.4. The fourth-order valence-electron chi connectivity index (χ4n) is 2.06. The summed E-state index contributed by atoms with van der Waals surface area (Å²) in [5.74, 6) is 0. The Bertz CT molecular complexity index is 449. The average Bonchev–Trinajstić information content (AvgIpc) is 2.44. The number of hydrogen-bond donors (Lipinski definition) is 1. The summed E-state index contributed by atoms with van der Waals surface area (Å²) in [5.41, 5.74) is 1.80. The van der Waals surface area contributed by atoms with Crippen molar-refractivity contribution >= 4 is 11.4 Å². The van der Waals surface area contributed by atoms with Gasteiger partial charge in [-0.05, 0) is 32.4 Å². The number of nitro groups is 1. The third-order valence-corrected chi connectivity index (χ3v) is 3.64. The van der Waals surface area contributed by atoms with Crippen LogP contribution >= 0.6 is 0 Å². The van der Waals surface area contributed by atoms with Gasteiger partial charge in [-0.1, -0.05) is 26.0 Å². The predicted octanol–water partition coefficient (Wildman–Crippen LogP) is 3.65. The number of benzene rings is 1. The molecule has 0 bridgehead atoms. The van der Waals surface area contributed by atoms with E-state index < -0.39 is 0 Å². The maximum Gasteiger partial charge on any atom is 0.292 e. The molecule has 0 fully saturated rings. The Morgan fingerprint density at radius 1 is 1.40 bits per heavy atom. The molecule has 5 heteroatoms. The Morgan fingerprint density at radius 2 is 2.10 bits per heavy atom. The van der Waals surface area contributed by atoms with Gasteiger partial charge in [-0.25, -0.2) is 0 Å². The predicted molar refractivity (Wildman–Crippen MR) is 83.1 cm³/mol. The molecule has 5 nitrogen and oxygen atoms in total. The summed E-state index contributed by atoms with van der Waals surface area (Å²) in [7, 11) is 2.05. The zero-order valence-corrected chi connectivity index (χ0v) is 12.8. The van der Waals surface area contributed by atoms with Crippen LogP contribution in [0.5, 0.6) is 0 Å². The van der Waals surface area contributed by atoms with Crippen molar-refractivity contribution in [2.45, 2.75) is 46.2 Å². The van der Waals surface area contributed by atoms with Gasteiger partial charge in [0, 0.05) is 25.2 Å². The first-order valence-corrected chi connectivity index (χ1v) is 7.21. The molecular weight excluding hydrogens is 254 g/mol. The molecule has 1 aromatic carbocycles. The number of nitro benzene ring substituents is 1. The van der Waals surface area contributed by atoms with Crippen LogP contribution in [0.25, 0.3) is 0 Å². The molecule has 0 saturated heterocycles. The van der Waals surface area contributed by atoms with Crippen LogP contribution in [-0.2, 0) is 6.54 Å². The maximum atomic E-state index is 11.2. The van der Waals surface area contributed by atoms with E-state index in [0.29, 0.717) is 18.3 Å². The Balaban J connectivity index is 3.04. The van der Waals surface area contributed by atoms with E-state index in [0.717, 1.165) is 24.9 Å². The minimum Gasteiger partial charge on any atom is -0.379 e. The molecule has 0 aliphatic heterocycles. The van der Waals surface area contributed by atoms with Gasteiger partial charge in [0.1, 0.15) is 5.69 Å². The lowest BCUT2D eigenvalue weighted by molar-refractivity contribution is -0.384. The molecule has 0 radical (unpaired) electrons. The van der Waals surface area contributed by atoms with Gasteiger partial charge in [0.25, 0.3) is 5.69 Å². The van der Waals surface area contributed by atoms with Crippen LogP contribution in [0.1, 0.15) is 39.2 Å². The summed E-state index contributed by atoms with van der Waals surface area (Å²) in [6.07, 6.45) is 2.00. The summed E-state index contributed by atoms with van der Waals surface area (Å²) in [6.45, 7) is 7.81. The zero-order valence-electron chi connectivity index (χ0n) is 12.8. The standard InChI is InChI=1S/C15H25N3O2/c1-5-10-16-15-13(11-17(4)12(3)6-2)8-7-9-14(15)18(19)20/h7-9,12,16H,5-6,10-11H2,1-4H3. The molecule has 112 valence electrons. The number of anilines is 1. The molecule has 0 spiro atoms. The molecule has 20 heavy (non-hydrogen) atoms. The van der Waals surface area contributed by atoms with Crippen molar-refractivity contribution in [1.82, 2.24) is 4.90 Å². The van der Waals surface area contributed by atoms with Crippen LogP contribution in [0.15, 0.2) is 18.2 Å². The molecule has 0 heterocycles. The number of nitrogens with zero attached hydrogens (tertiary/aromatic N) is 2. The highest BCUT2D eigenvalue weighted by Gasteiger charge is 2.18. The van der Waals surface area contributed by atoms with E-state index in [4.69, 9.17) is 0 Å². The molecule has 0 saturated carbocycles. The lowest BCUT2D eigenvalue weighted by Gasteiger charge is -2.24. The van der Waals surface area contributed by atoms with Gasteiger partial charge in [-0.15, -0.1) is 0 Å². The van der Waals surface area contributed by atoms with E-state index in [-0.39, 0.29) is 10.6 Å². The Kier molecular flexibility index (Phi) is 6.45. The number of rotatable bonds is 8. The fraction of sp³-hybridized carbons (Fsp3) is 0.600. The normalized spacial score (nSPS) is 12.4. The van der Waals surface area contributed by atoms with E-state index in [9.17, 15) is 10.1 Å². The minimum atomic E-state index is -0.315. The maximum absolute atomic E-state index is 11.2. The van der Waals surface area contributed by atoms with Crippen LogP contribution in [0.4, 0.5) is 11.4 Å². The second kappa shape index (κ2) is 7.85. The minimum absolute atomic E-state index is 0.161. The van der Waals surface area contributed by atoms with Crippen LogP contribution in [0, 0.1) is 10.1 Å². The van der Waals surface area contributed by atoms with Crippen molar-refractivity contribution in [2.24, 2.45) is 0 Å². The van der Waals surface area contributed by atoms with Crippen molar-refractivity contribution in [2.75, 3.05) is 18.9 Å². The summed E-state index contributed by atoms with van der Waals surface area (Å²) >= 11 is 0. The third kappa shape index (κ3) is 4.20. The van der Waals surface area contributed by atoms with Crippen molar-refractivity contribution in [3.63, 3.8) is 0 Å². The highest BCUT2D eigenvalue weighted by atomic mass is 16.6. The van der Waals surface area contributed by atoms with Crippen LogP contribution < -0.4 is 5.32 Å². The summed E-state index contributed by atoms with van der Waals surface area (Å²) < 4.78 is 0. The third-order valence-electron chi connectivity index (χ3n) is 3.64. The van der Waals surface area contributed by atoms with Crippen molar-refractivity contribution in [3.05, 3.63) is 33.9 Å². The molecule has 0 aromatic heterocycles. The number of hydrogen-bond acceptors (Lipinski definition) is 4. The molecule has 1 aromatic rings. The summed E-state index contributed by atoms with van der Waals surface area (Å²) in [6, 6.07) is 5.73. The molecule has 1 unspecified atom stereocenters. The molecule has 0 aliphatic rings. The molecule has 1 N–H and O–H groups in total. The van der Waals surface area contributed by atoms with Crippen LogP contribution in [0.2, 0.25) is 0 Å².